The average Bonchev–Trinajstić information content (AvgIpc) is 2.29. The molecule has 0 aliphatic rings. The normalized spacial score (nSPS) is 10.1. The summed E-state index contributed by atoms with van der Waals surface area (Å²) in [7, 11) is 3.28. The summed E-state index contributed by atoms with van der Waals surface area (Å²) >= 11 is 4.13. The van der Waals surface area contributed by atoms with Crippen molar-refractivity contribution in [3.05, 3.63) is 23.8 Å². The van der Waals surface area contributed by atoms with Crippen LogP contribution in [0, 0.1) is 0 Å². The molecule has 1 N–H and O–H groups in total. The Morgan fingerprint density at radius 2 is 1.93 bits per heavy atom. The molecule has 0 spiro atoms. The third kappa shape index (κ3) is 3.64. The number of thiol groups is 1. The Bertz CT molecular complexity index is 305. The van der Waals surface area contributed by atoms with E-state index in [2.05, 4.69) is 17.9 Å². The standard InChI is InChI=1S/C11H17NO2S/c1-13-10-4-3-9(7-11(10)14-2)8-12-5-6-15/h3-4,7,12,15H,5-6,8H2,1-2H3. The summed E-state index contributed by atoms with van der Waals surface area (Å²) in [5.74, 6) is 2.37. The fraction of sp³-hybridized carbons (Fsp3) is 0.455. The molecule has 0 fully saturated rings. The first-order chi connectivity index (χ1) is 7.31. The van der Waals surface area contributed by atoms with Crippen LogP contribution in [0.3, 0.4) is 0 Å². The van der Waals surface area contributed by atoms with E-state index in [0.717, 1.165) is 30.3 Å². The Hall–Kier alpha value is -0.870. The zero-order chi connectivity index (χ0) is 11.1. The van der Waals surface area contributed by atoms with Crippen molar-refractivity contribution in [2.75, 3.05) is 26.5 Å². The van der Waals surface area contributed by atoms with Gasteiger partial charge in [-0.15, -0.1) is 0 Å². The molecule has 0 aromatic heterocycles. The van der Waals surface area contributed by atoms with Gasteiger partial charge in [-0.2, -0.15) is 12.6 Å². The Morgan fingerprint density at radius 1 is 1.20 bits per heavy atom. The molecule has 0 atom stereocenters. The maximum absolute atomic E-state index is 5.22. The summed E-state index contributed by atoms with van der Waals surface area (Å²) in [6.45, 7) is 1.72. The Morgan fingerprint density at radius 3 is 2.53 bits per heavy atom. The van der Waals surface area contributed by atoms with Crippen LogP contribution in [-0.2, 0) is 6.54 Å². The topological polar surface area (TPSA) is 30.5 Å². The summed E-state index contributed by atoms with van der Waals surface area (Å²) in [5, 5.41) is 3.27. The second-order valence-corrected chi connectivity index (χ2v) is 3.54. The Kier molecular flexibility index (Phi) is 5.36. The lowest BCUT2D eigenvalue weighted by Crippen LogP contribution is -2.15. The number of nitrogens with one attached hydrogen (secondary N) is 1. The van der Waals surface area contributed by atoms with Crippen LogP contribution < -0.4 is 14.8 Å². The second-order valence-electron chi connectivity index (χ2n) is 3.09. The van der Waals surface area contributed by atoms with E-state index in [1.807, 2.05) is 18.2 Å². The molecule has 0 saturated carbocycles. The second kappa shape index (κ2) is 6.58. The third-order valence-corrected chi connectivity index (χ3v) is 2.29. The molecule has 1 aromatic carbocycles. The van der Waals surface area contributed by atoms with Crippen LogP contribution in [0.1, 0.15) is 5.56 Å². The van der Waals surface area contributed by atoms with Crippen molar-refractivity contribution in [2.45, 2.75) is 6.54 Å². The molecule has 0 radical (unpaired) electrons. The molecule has 0 heterocycles. The first-order valence-electron chi connectivity index (χ1n) is 4.84. The van der Waals surface area contributed by atoms with Crippen molar-refractivity contribution in [1.29, 1.82) is 0 Å². The van der Waals surface area contributed by atoms with Crippen LogP contribution in [-0.4, -0.2) is 26.5 Å². The van der Waals surface area contributed by atoms with Gasteiger partial charge in [0.15, 0.2) is 11.5 Å². The summed E-state index contributed by atoms with van der Waals surface area (Å²) in [5.41, 5.74) is 1.18. The quantitative estimate of drug-likeness (QED) is 0.573. The Balaban J connectivity index is 2.66. The van der Waals surface area contributed by atoms with Gasteiger partial charge in [0.25, 0.3) is 0 Å². The van der Waals surface area contributed by atoms with Gasteiger partial charge >= 0.3 is 0 Å². The van der Waals surface area contributed by atoms with Crippen molar-refractivity contribution in [1.82, 2.24) is 5.32 Å². The summed E-state index contributed by atoms with van der Waals surface area (Å²) < 4.78 is 10.4. The van der Waals surface area contributed by atoms with E-state index in [-0.39, 0.29) is 0 Å². The van der Waals surface area contributed by atoms with Crippen LogP contribution in [0.25, 0.3) is 0 Å². The van der Waals surface area contributed by atoms with Crippen molar-refractivity contribution in [2.24, 2.45) is 0 Å². The van der Waals surface area contributed by atoms with Gasteiger partial charge in [0.1, 0.15) is 0 Å². The molecule has 3 nitrogen and oxygen atoms in total. The van der Waals surface area contributed by atoms with Crippen LogP contribution in [0.15, 0.2) is 18.2 Å². The van der Waals surface area contributed by atoms with E-state index in [9.17, 15) is 0 Å². The summed E-state index contributed by atoms with van der Waals surface area (Å²) in [4.78, 5) is 0. The number of hydrogen-bond acceptors (Lipinski definition) is 4. The van der Waals surface area contributed by atoms with Crippen LogP contribution >= 0.6 is 12.6 Å². The molecule has 0 aliphatic carbocycles. The zero-order valence-corrected chi connectivity index (χ0v) is 10.0. The lowest BCUT2D eigenvalue weighted by atomic mass is 10.2. The van der Waals surface area contributed by atoms with E-state index < -0.39 is 0 Å². The molecule has 15 heavy (non-hydrogen) atoms. The number of benzene rings is 1. The Labute approximate surface area is 96.2 Å². The fourth-order valence-electron chi connectivity index (χ4n) is 1.30. The average molecular weight is 227 g/mol. The lowest BCUT2D eigenvalue weighted by Gasteiger charge is -2.09. The van der Waals surface area contributed by atoms with Gasteiger partial charge in [-0.1, -0.05) is 6.07 Å². The van der Waals surface area contributed by atoms with E-state index >= 15 is 0 Å². The zero-order valence-electron chi connectivity index (χ0n) is 9.12. The predicted octanol–water partition coefficient (Wildman–Crippen LogP) is 1.72. The fourth-order valence-corrected chi connectivity index (χ4v) is 1.46. The van der Waals surface area contributed by atoms with Crippen LogP contribution in [0.2, 0.25) is 0 Å². The molecular formula is C11H17NO2S. The highest BCUT2D eigenvalue weighted by atomic mass is 32.1. The van der Waals surface area contributed by atoms with Gasteiger partial charge in [-0.25, -0.2) is 0 Å². The van der Waals surface area contributed by atoms with Crippen molar-refractivity contribution in [3.63, 3.8) is 0 Å². The largest absolute Gasteiger partial charge is 0.493 e. The smallest absolute Gasteiger partial charge is 0.161 e. The van der Waals surface area contributed by atoms with Crippen LogP contribution in [0.5, 0.6) is 11.5 Å². The van der Waals surface area contributed by atoms with Gasteiger partial charge in [0.05, 0.1) is 14.2 Å². The maximum atomic E-state index is 5.22. The minimum Gasteiger partial charge on any atom is -0.493 e. The molecular weight excluding hydrogens is 210 g/mol. The molecule has 84 valence electrons. The van der Waals surface area contributed by atoms with E-state index in [1.165, 1.54) is 5.56 Å². The monoisotopic (exact) mass is 227 g/mol. The molecule has 4 heteroatoms. The molecule has 0 unspecified atom stereocenters. The summed E-state index contributed by atoms with van der Waals surface area (Å²) in [6, 6.07) is 5.91. The first-order valence-corrected chi connectivity index (χ1v) is 5.47. The maximum Gasteiger partial charge on any atom is 0.161 e. The van der Waals surface area contributed by atoms with Crippen molar-refractivity contribution >= 4 is 12.6 Å². The van der Waals surface area contributed by atoms with E-state index in [0.29, 0.717) is 0 Å². The first kappa shape index (κ1) is 12.2. The van der Waals surface area contributed by atoms with E-state index in [4.69, 9.17) is 9.47 Å². The highest BCUT2D eigenvalue weighted by Crippen LogP contribution is 2.27. The van der Waals surface area contributed by atoms with Gasteiger partial charge in [0, 0.05) is 18.8 Å². The molecule has 0 saturated heterocycles. The van der Waals surface area contributed by atoms with Gasteiger partial charge in [0.2, 0.25) is 0 Å². The van der Waals surface area contributed by atoms with Crippen molar-refractivity contribution in [3.8, 4) is 11.5 Å². The minimum absolute atomic E-state index is 0.760. The van der Waals surface area contributed by atoms with Crippen molar-refractivity contribution < 1.29 is 9.47 Å². The molecule has 0 amide bonds. The van der Waals surface area contributed by atoms with Gasteiger partial charge in [-0.3, -0.25) is 0 Å². The number of methoxy groups -OCH3 is 2. The van der Waals surface area contributed by atoms with Crippen LogP contribution in [0.4, 0.5) is 0 Å². The number of ether oxygens (including phenoxy) is 2. The highest BCUT2D eigenvalue weighted by Gasteiger charge is 2.03. The molecule has 0 bridgehead atoms. The number of rotatable bonds is 6. The van der Waals surface area contributed by atoms with Gasteiger partial charge in [-0.05, 0) is 17.7 Å². The summed E-state index contributed by atoms with van der Waals surface area (Å²) in [6.07, 6.45) is 0. The molecule has 1 aromatic rings. The van der Waals surface area contributed by atoms with E-state index in [1.54, 1.807) is 14.2 Å². The SMILES string of the molecule is COc1ccc(CNCCS)cc1OC. The minimum atomic E-state index is 0.760. The third-order valence-electron chi connectivity index (χ3n) is 2.07. The highest BCUT2D eigenvalue weighted by molar-refractivity contribution is 7.80. The van der Waals surface area contributed by atoms with Gasteiger partial charge < -0.3 is 14.8 Å². The predicted molar refractivity (Wildman–Crippen MR) is 65.1 cm³/mol. The lowest BCUT2D eigenvalue weighted by molar-refractivity contribution is 0.354. The molecule has 0 aliphatic heterocycles. The molecule has 1 rings (SSSR count). The number of hydrogen-bond donors (Lipinski definition) is 2.